The fraction of sp³-hybridized carbons (Fsp3) is 0.667. The first-order chi connectivity index (χ1) is 26.2. The second-order valence-electron chi connectivity index (χ2n) is 13.8. The maximum Gasteiger partial charge on any atom is 0.305 e. The Kier molecular flexibility index (Phi) is 32.5. The van der Waals surface area contributed by atoms with Crippen LogP contribution >= 0.6 is 136 Å². The maximum absolute atomic E-state index is 12.0. The van der Waals surface area contributed by atoms with E-state index in [2.05, 4.69) is 160 Å². The number of carbonyl (C=O) groups is 2. The summed E-state index contributed by atoms with van der Waals surface area (Å²) >= 11 is 14.1. The molecule has 54 heavy (non-hydrogen) atoms. The van der Waals surface area contributed by atoms with Crippen molar-refractivity contribution in [2.45, 2.75) is 154 Å². The molecule has 0 unspecified atom stereocenters. The lowest BCUT2D eigenvalue weighted by Gasteiger charge is -2.11. The van der Waals surface area contributed by atoms with E-state index in [-0.39, 0.29) is 11.9 Å². The molecule has 0 aliphatic heterocycles. The van der Waals surface area contributed by atoms with Gasteiger partial charge in [-0.05, 0) is 198 Å². The fourth-order valence-corrected chi connectivity index (χ4v) is 13.8. The SMILES string of the molecule is O=C(CCCCCCCCCCCCCCOc1c(I)cc(I)cc1I)OCCCCOC(=O)CCCCCCCCCCOc1c(I)cc(I)cc1I. The summed E-state index contributed by atoms with van der Waals surface area (Å²) in [5, 5.41) is 0. The van der Waals surface area contributed by atoms with Gasteiger partial charge in [-0.2, -0.15) is 0 Å². The van der Waals surface area contributed by atoms with Crippen LogP contribution in [0, 0.1) is 21.4 Å². The molecule has 0 atom stereocenters. The van der Waals surface area contributed by atoms with Crippen LogP contribution < -0.4 is 9.47 Å². The van der Waals surface area contributed by atoms with Gasteiger partial charge in [-0.3, -0.25) is 9.59 Å². The number of halogens is 6. The van der Waals surface area contributed by atoms with Gasteiger partial charge in [0.15, 0.2) is 0 Å². The van der Waals surface area contributed by atoms with Crippen molar-refractivity contribution in [2.75, 3.05) is 26.4 Å². The van der Waals surface area contributed by atoms with Gasteiger partial charge in [0, 0.05) is 20.0 Å². The molecule has 0 aliphatic rings. The minimum atomic E-state index is -0.111. The Bertz CT molecular complexity index is 1280. The minimum absolute atomic E-state index is 0.102. The molecule has 2 rings (SSSR count). The molecule has 0 aromatic heterocycles. The largest absolute Gasteiger partial charge is 0.491 e. The Labute approximate surface area is 408 Å². The third-order valence-electron chi connectivity index (χ3n) is 9.03. The van der Waals surface area contributed by atoms with E-state index in [1.165, 1.54) is 111 Å². The van der Waals surface area contributed by atoms with Crippen molar-refractivity contribution in [3.05, 3.63) is 45.7 Å². The van der Waals surface area contributed by atoms with E-state index in [4.69, 9.17) is 18.9 Å². The quantitative estimate of drug-likeness (QED) is 0.0403. The summed E-state index contributed by atoms with van der Waals surface area (Å²) in [5.41, 5.74) is 0. The zero-order chi connectivity index (χ0) is 39.2. The number of ether oxygens (including phenoxy) is 4. The van der Waals surface area contributed by atoms with Crippen LogP contribution in [0.1, 0.15) is 154 Å². The van der Waals surface area contributed by atoms with Crippen molar-refractivity contribution in [3.8, 4) is 11.5 Å². The Balaban J connectivity index is 1.25. The maximum atomic E-state index is 12.0. The van der Waals surface area contributed by atoms with Crippen molar-refractivity contribution in [3.63, 3.8) is 0 Å². The summed E-state index contributed by atoms with van der Waals surface area (Å²) in [6.45, 7) is 2.40. The van der Waals surface area contributed by atoms with Crippen molar-refractivity contribution >= 4 is 147 Å². The molecular formula is C42H60I6O6. The summed E-state index contributed by atoms with van der Waals surface area (Å²) in [6, 6.07) is 8.64. The predicted molar refractivity (Wildman–Crippen MR) is 273 cm³/mol. The Morgan fingerprint density at radius 1 is 0.352 bits per heavy atom. The van der Waals surface area contributed by atoms with Gasteiger partial charge in [0.2, 0.25) is 0 Å². The molecule has 2 aromatic carbocycles. The summed E-state index contributed by atoms with van der Waals surface area (Å²) in [7, 11) is 0. The average Bonchev–Trinajstić information content (AvgIpc) is 3.12. The number of esters is 2. The highest BCUT2D eigenvalue weighted by molar-refractivity contribution is 14.1. The Hall–Kier alpha value is 1.36. The van der Waals surface area contributed by atoms with Gasteiger partial charge < -0.3 is 18.9 Å². The second-order valence-corrected chi connectivity index (χ2v) is 21.0. The summed E-state index contributed by atoms with van der Waals surface area (Å²) in [5.74, 6) is 1.84. The van der Waals surface area contributed by atoms with Crippen molar-refractivity contribution in [1.29, 1.82) is 0 Å². The molecule has 0 heterocycles. The molecule has 0 spiro atoms. The number of carbonyl (C=O) groups excluding carboxylic acids is 2. The van der Waals surface area contributed by atoms with Gasteiger partial charge in [0.25, 0.3) is 0 Å². The Morgan fingerprint density at radius 2 is 0.593 bits per heavy atom. The van der Waals surface area contributed by atoms with Crippen molar-refractivity contribution in [1.82, 2.24) is 0 Å². The molecule has 0 bridgehead atoms. The van der Waals surface area contributed by atoms with E-state index in [9.17, 15) is 9.59 Å². The van der Waals surface area contributed by atoms with Gasteiger partial charge in [0.1, 0.15) is 11.5 Å². The van der Waals surface area contributed by atoms with Crippen LogP contribution in [-0.2, 0) is 19.1 Å². The number of unbranched alkanes of at least 4 members (excludes halogenated alkanes) is 19. The molecule has 0 radical (unpaired) electrons. The summed E-state index contributed by atoms with van der Waals surface area (Å²) < 4.78 is 30.1. The van der Waals surface area contributed by atoms with Crippen LogP contribution in [0.5, 0.6) is 11.5 Å². The van der Waals surface area contributed by atoms with Gasteiger partial charge in [0.05, 0.1) is 40.7 Å². The molecule has 0 saturated heterocycles. The van der Waals surface area contributed by atoms with E-state index < -0.39 is 0 Å². The zero-order valence-corrected chi connectivity index (χ0v) is 44.8. The van der Waals surface area contributed by atoms with E-state index >= 15 is 0 Å². The fourth-order valence-electron chi connectivity index (χ4n) is 5.97. The third-order valence-corrected chi connectivity index (χ3v) is 13.5. The third kappa shape index (κ3) is 26.5. The second kappa shape index (κ2) is 34.1. The molecule has 0 N–H and O–H groups in total. The standard InChI is InChI=1S/C42H60I6O6/c43-33-29-35(45)41(36(46)30-33)53-27-19-15-11-7-4-2-1-3-5-9-13-17-23-39(49)51-25-21-22-26-52-40(50)24-18-14-10-6-8-12-16-20-28-54-42-37(47)31-34(44)32-38(42)48/h29-32H,1-28H2. The van der Waals surface area contributed by atoms with Gasteiger partial charge >= 0.3 is 11.9 Å². The lowest BCUT2D eigenvalue weighted by molar-refractivity contribution is -0.146. The molecule has 306 valence electrons. The smallest absolute Gasteiger partial charge is 0.305 e. The van der Waals surface area contributed by atoms with Crippen LogP contribution in [0.4, 0.5) is 0 Å². The number of hydrogen-bond donors (Lipinski definition) is 0. The van der Waals surface area contributed by atoms with Gasteiger partial charge in [-0.1, -0.05) is 103 Å². The normalized spacial score (nSPS) is 11.1. The monoisotopic (exact) mass is 1420 g/mol. The summed E-state index contributed by atoms with van der Waals surface area (Å²) in [4.78, 5) is 24.1. The van der Waals surface area contributed by atoms with E-state index in [0.717, 1.165) is 76.1 Å². The molecule has 0 fully saturated rings. The van der Waals surface area contributed by atoms with Gasteiger partial charge in [-0.15, -0.1) is 0 Å². The first-order valence-electron chi connectivity index (χ1n) is 20.0. The van der Waals surface area contributed by atoms with E-state index in [1.807, 2.05) is 0 Å². The zero-order valence-electron chi connectivity index (χ0n) is 31.8. The highest BCUT2D eigenvalue weighted by Gasteiger charge is 2.10. The lowest BCUT2D eigenvalue weighted by Crippen LogP contribution is -2.08. The van der Waals surface area contributed by atoms with Crippen molar-refractivity contribution in [2.24, 2.45) is 0 Å². The predicted octanol–water partition coefficient (Wildman–Crippen LogP) is 15.2. The lowest BCUT2D eigenvalue weighted by atomic mass is 10.0. The Morgan fingerprint density at radius 3 is 0.889 bits per heavy atom. The van der Waals surface area contributed by atoms with Crippen LogP contribution in [-0.4, -0.2) is 38.4 Å². The molecule has 0 amide bonds. The molecule has 0 saturated carbocycles. The number of rotatable bonds is 33. The molecule has 12 heteroatoms. The topological polar surface area (TPSA) is 71.1 Å². The summed E-state index contributed by atoms with van der Waals surface area (Å²) in [6.07, 6.45) is 26.3. The highest BCUT2D eigenvalue weighted by Crippen LogP contribution is 2.31. The molecule has 0 aliphatic carbocycles. The van der Waals surface area contributed by atoms with Crippen LogP contribution in [0.25, 0.3) is 0 Å². The van der Waals surface area contributed by atoms with Gasteiger partial charge in [-0.25, -0.2) is 0 Å². The number of hydrogen-bond acceptors (Lipinski definition) is 6. The average molecular weight is 1420 g/mol. The van der Waals surface area contributed by atoms with Crippen LogP contribution in [0.3, 0.4) is 0 Å². The molecule has 6 nitrogen and oxygen atoms in total. The number of benzene rings is 2. The van der Waals surface area contributed by atoms with E-state index in [0.29, 0.717) is 26.1 Å². The van der Waals surface area contributed by atoms with E-state index in [1.54, 1.807) is 0 Å². The molecule has 2 aromatic rings. The molecular weight excluding hydrogens is 1360 g/mol. The van der Waals surface area contributed by atoms with Crippen LogP contribution in [0.15, 0.2) is 24.3 Å². The first-order valence-corrected chi connectivity index (χ1v) is 26.5. The van der Waals surface area contributed by atoms with Crippen LogP contribution in [0.2, 0.25) is 0 Å². The van der Waals surface area contributed by atoms with Crippen molar-refractivity contribution < 1.29 is 28.5 Å². The first kappa shape index (κ1) is 51.5. The highest BCUT2D eigenvalue weighted by atomic mass is 127. The minimum Gasteiger partial charge on any atom is -0.491 e.